The van der Waals surface area contributed by atoms with Gasteiger partial charge in [0, 0.05) is 37.4 Å². The molecule has 4 fully saturated rings. The lowest BCUT2D eigenvalue weighted by Crippen LogP contribution is -2.45. The Balaban J connectivity index is 0.000000231. The second kappa shape index (κ2) is 12.0. The molecule has 7 rings (SSSR count). The molecule has 0 spiro atoms. The van der Waals surface area contributed by atoms with Crippen LogP contribution in [0.2, 0.25) is 0 Å². The van der Waals surface area contributed by atoms with Gasteiger partial charge in [-0.05, 0) is 132 Å². The van der Waals surface area contributed by atoms with E-state index in [1.165, 1.54) is 84.8 Å². The number of hydrogen-bond donors (Lipinski definition) is 3. The molecular weight excluding hydrogens is 512 g/mol. The van der Waals surface area contributed by atoms with Crippen LogP contribution in [0.15, 0.2) is 6.07 Å². The van der Waals surface area contributed by atoms with Crippen LogP contribution >= 0.6 is 0 Å². The van der Waals surface area contributed by atoms with Crippen LogP contribution in [-0.2, 0) is 35.9 Å². The zero-order valence-corrected chi connectivity index (χ0v) is 24.2. The zero-order chi connectivity index (χ0) is 26.8. The van der Waals surface area contributed by atoms with E-state index in [2.05, 4.69) is 31.2 Å². The molecule has 1 aromatic carbocycles. The number of fused-ring (bicyclic) bond motifs is 2. The first-order valence-electron chi connectivity index (χ1n) is 15.4. The first kappa shape index (κ1) is 27.4. The van der Waals surface area contributed by atoms with Gasteiger partial charge in [-0.2, -0.15) is 12.7 Å². The standard InChI is InChI=1S/C21H30N4O3S.C8H16N2/c26-21(22-20-18-7-3-5-15(18)13-16-6-4-8-19(16)20)23-29(27,28)25-12-9-17(14-25)24-10-1-2-11-24;1-2-6-10(5-1)8-3-4-9-7-8/h13,17H,1-12,14H2,(H2,22,23,26);8-9H,1-7H2. The summed E-state index contributed by atoms with van der Waals surface area (Å²) in [4.78, 5) is 17.7. The van der Waals surface area contributed by atoms with Gasteiger partial charge in [0.15, 0.2) is 0 Å². The normalized spacial score (nSPS) is 27.4. The summed E-state index contributed by atoms with van der Waals surface area (Å²) < 4.78 is 29.3. The first-order valence-corrected chi connectivity index (χ1v) is 16.9. The second-order valence-corrected chi connectivity index (χ2v) is 13.9. The zero-order valence-electron chi connectivity index (χ0n) is 23.3. The fourth-order valence-electron chi connectivity index (χ4n) is 7.68. The van der Waals surface area contributed by atoms with E-state index in [0.29, 0.717) is 13.1 Å². The third-order valence-electron chi connectivity index (χ3n) is 9.75. The average Bonchev–Trinajstić information content (AvgIpc) is 3.76. The largest absolute Gasteiger partial charge is 0.333 e. The summed E-state index contributed by atoms with van der Waals surface area (Å²) in [6.45, 7) is 8.23. The Labute approximate surface area is 234 Å². The van der Waals surface area contributed by atoms with Crippen molar-refractivity contribution in [2.24, 2.45) is 0 Å². The maximum Gasteiger partial charge on any atom is 0.333 e. The fourth-order valence-corrected chi connectivity index (χ4v) is 8.81. The highest BCUT2D eigenvalue weighted by Gasteiger charge is 2.36. The number of likely N-dealkylation sites (tertiary alicyclic amines) is 2. The van der Waals surface area contributed by atoms with Gasteiger partial charge in [0.2, 0.25) is 0 Å². The number of urea groups is 1. The minimum absolute atomic E-state index is 0.276. The van der Waals surface area contributed by atoms with Crippen LogP contribution < -0.4 is 15.4 Å². The molecule has 39 heavy (non-hydrogen) atoms. The highest BCUT2D eigenvalue weighted by atomic mass is 32.2. The van der Waals surface area contributed by atoms with Crippen LogP contribution in [0.25, 0.3) is 0 Å². The Morgan fingerprint density at radius 3 is 2.00 bits per heavy atom. The molecule has 2 atom stereocenters. The van der Waals surface area contributed by atoms with Crippen LogP contribution in [0.3, 0.4) is 0 Å². The third kappa shape index (κ3) is 6.15. The molecule has 0 bridgehead atoms. The fraction of sp³-hybridized carbons (Fsp3) is 0.759. The van der Waals surface area contributed by atoms with Crippen molar-refractivity contribution in [2.75, 3.05) is 57.7 Å². The molecule has 2 aliphatic carbocycles. The van der Waals surface area contributed by atoms with Crippen molar-refractivity contribution < 1.29 is 13.2 Å². The minimum atomic E-state index is -3.83. The summed E-state index contributed by atoms with van der Waals surface area (Å²) in [7, 11) is -3.83. The lowest BCUT2D eigenvalue weighted by atomic mass is 9.99. The molecule has 9 nitrogen and oxygen atoms in total. The van der Waals surface area contributed by atoms with Crippen molar-refractivity contribution in [3.05, 3.63) is 28.3 Å². The number of nitrogens with zero attached hydrogens (tertiary/aromatic N) is 3. The molecule has 0 aromatic heterocycles. The molecule has 4 heterocycles. The number of amides is 2. The van der Waals surface area contributed by atoms with E-state index in [1.54, 1.807) is 0 Å². The van der Waals surface area contributed by atoms with Crippen molar-refractivity contribution in [3.63, 3.8) is 0 Å². The number of aryl methyl sites for hydroxylation is 2. The minimum Gasteiger partial charge on any atom is -0.315 e. The van der Waals surface area contributed by atoms with Gasteiger partial charge in [0.25, 0.3) is 0 Å². The lowest BCUT2D eigenvalue weighted by Gasteiger charge is -2.23. The number of rotatable bonds is 5. The Morgan fingerprint density at radius 1 is 0.795 bits per heavy atom. The maximum absolute atomic E-state index is 12.8. The highest BCUT2D eigenvalue weighted by molar-refractivity contribution is 7.87. The Morgan fingerprint density at radius 2 is 1.41 bits per heavy atom. The van der Waals surface area contributed by atoms with E-state index < -0.39 is 16.2 Å². The molecule has 6 aliphatic rings. The van der Waals surface area contributed by atoms with Gasteiger partial charge in [0.1, 0.15) is 0 Å². The second-order valence-electron chi connectivity index (χ2n) is 12.2. The van der Waals surface area contributed by atoms with Crippen LogP contribution in [-0.4, -0.2) is 93.0 Å². The van der Waals surface area contributed by atoms with Gasteiger partial charge in [-0.25, -0.2) is 9.52 Å². The van der Waals surface area contributed by atoms with Crippen molar-refractivity contribution in [2.45, 2.75) is 89.1 Å². The van der Waals surface area contributed by atoms with Crippen LogP contribution in [0.4, 0.5) is 10.5 Å². The molecular formula is C29H46N6O3S. The number of benzene rings is 1. The molecule has 1 aromatic rings. The van der Waals surface area contributed by atoms with Crippen molar-refractivity contribution in [1.82, 2.24) is 24.1 Å². The number of carbonyl (C=O) groups excluding carboxylic acids is 1. The van der Waals surface area contributed by atoms with Gasteiger partial charge in [-0.1, -0.05) is 6.07 Å². The Hall–Kier alpha value is -1.72. The molecule has 4 saturated heterocycles. The molecule has 0 saturated carbocycles. The van der Waals surface area contributed by atoms with E-state index in [1.807, 2.05) is 0 Å². The molecule has 2 unspecified atom stereocenters. The van der Waals surface area contributed by atoms with Crippen LogP contribution in [0.1, 0.15) is 73.6 Å². The summed E-state index contributed by atoms with van der Waals surface area (Å²) in [5.74, 6) is 0. The molecule has 216 valence electrons. The summed E-state index contributed by atoms with van der Waals surface area (Å²) in [5.41, 5.74) is 5.91. The van der Waals surface area contributed by atoms with Crippen molar-refractivity contribution in [1.29, 1.82) is 0 Å². The highest BCUT2D eigenvalue weighted by Crippen LogP contribution is 2.38. The molecule has 4 aliphatic heterocycles. The number of carbonyl (C=O) groups is 1. The third-order valence-corrected chi connectivity index (χ3v) is 11.2. The topological polar surface area (TPSA) is 97.0 Å². The number of hydrogen-bond acceptors (Lipinski definition) is 6. The van der Waals surface area contributed by atoms with Gasteiger partial charge in [0.05, 0.1) is 0 Å². The van der Waals surface area contributed by atoms with E-state index >= 15 is 0 Å². The van der Waals surface area contributed by atoms with Crippen LogP contribution in [0, 0.1) is 0 Å². The summed E-state index contributed by atoms with van der Waals surface area (Å²) in [6.07, 6.45) is 13.6. The van der Waals surface area contributed by atoms with E-state index in [9.17, 15) is 13.2 Å². The number of nitrogens with one attached hydrogen (secondary N) is 3. The van der Waals surface area contributed by atoms with Crippen LogP contribution in [0.5, 0.6) is 0 Å². The van der Waals surface area contributed by atoms with Gasteiger partial charge < -0.3 is 10.6 Å². The molecule has 0 radical (unpaired) electrons. The van der Waals surface area contributed by atoms with Crippen molar-refractivity contribution >= 4 is 21.9 Å². The van der Waals surface area contributed by atoms with E-state index in [0.717, 1.165) is 69.8 Å². The maximum atomic E-state index is 12.8. The van der Waals surface area contributed by atoms with Gasteiger partial charge in [-0.3, -0.25) is 9.80 Å². The Bertz CT molecular complexity index is 1090. The summed E-state index contributed by atoms with van der Waals surface area (Å²) in [5, 5.41) is 6.33. The van der Waals surface area contributed by atoms with Gasteiger partial charge >= 0.3 is 16.2 Å². The molecule has 3 N–H and O–H groups in total. The first-order chi connectivity index (χ1) is 19.0. The number of anilines is 1. The summed E-state index contributed by atoms with van der Waals surface area (Å²) in [6, 6.07) is 2.82. The average molecular weight is 559 g/mol. The lowest BCUT2D eigenvalue weighted by molar-refractivity contribution is 0.249. The monoisotopic (exact) mass is 558 g/mol. The van der Waals surface area contributed by atoms with E-state index in [4.69, 9.17) is 0 Å². The van der Waals surface area contributed by atoms with E-state index in [-0.39, 0.29) is 6.04 Å². The smallest absolute Gasteiger partial charge is 0.315 e. The predicted octanol–water partition coefficient (Wildman–Crippen LogP) is 2.64. The SMILES string of the molecule is C1CCN(C2CCNC2)C1.O=C(Nc1c2c(cc3c1CCC3)CCC2)NS(=O)(=O)N1CCC(N2CCCC2)C1. The molecule has 2 amide bonds. The summed E-state index contributed by atoms with van der Waals surface area (Å²) >= 11 is 0. The quantitative estimate of drug-likeness (QED) is 0.514. The Kier molecular flexibility index (Phi) is 8.46. The van der Waals surface area contributed by atoms with Crippen molar-refractivity contribution in [3.8, 4) is 0 Å². The molecule has 10 heteroatoms. The van der Waals surface area contributed by atoms with Gasteiger partial charge in [-0.15, -0.1) is 0 Å². The predicted molar refractivity (Wildman–Crippen MR) is 154 cm³/mol.